The van der Waals surface area contributed by atoms with Gasteiger partial charge in [-0.25, -0.2) is 4.79 Å². The Morgan fingerprint density at radius 2 is 1.66 bits per heavy atom. The van der Waals surface area contributed by atoms with E-state index in [4.69, 9.17) is 0 Å². The van der Waals surface area contributed by atoms with Crippen LogP contribution in [0.2, 0.25) is 0 Å². The average Bonchev–Trinajstić information content (AvgIpc) is 2.78. The van der Waals surface area contributed by atoms with Crippen molar-refractivity contribution in [3.8, 4) is 0 Å². The van der Waals surface area contributed by atoms with Crippen molar-refractivity contribution < 1.29 is 4.79 Å². The fourth-order valence-electron chi connectivity index (χ4n) is 4.26. The van der Waals surface area contributed by atoms with Crippen LogP contribution in [0.25, 0.3) is 10.8 Å². The number of nitrogens with zero attached hydrogens (tertiary/aromatic N) is 1. The molecule has 0 bridgehead atoms. The highest BCUT2D eigenvalue weighted by Gasteiger charge is 2.26. The van der Waals surface area contributed by atoms with Crippen molar-refractivity contribution in [3.05, 3.63) is 83.9 Å². The van der Waals surface area contributed by atoms with Gasteiger partial charge in [-0.15, -0.1) is 0 Å². The largest absolute Gasteiger partial charge is 0.338 e. The van der Waals surface area contributed by atoms with Crippen LogP contribution in [0.15, 0.2) is 72.8 Å². The van der Waals surface area contributed by atoms with E-state index in [1.807, 2.05) is 11.8 Å². The molecule has 1 atom stereocenters. The molecule has 1 aliphatic heterocycles. The molecule has 3 aromatic carbocycles. The zero-order valence-corrected chi connectivity index (χ0v) is 17.0. The van der Waals surface area contributed by atoms with E-state index in [2.05, 4.69) is 83.4 Å². The maximum atomic E-state index is 12.1. The first-order valence-corrected chi connectivity index (χ1v) is 10.6. The molecule has 2 amide bonds. The highest BCUT2D eigenvalue weighted by Crippen LogP contribution is 2.30. The Balaban J connectivity index is 1.58. The van der Waals surface area contributed by atoms with Gasteiger partial charge in [0, 0.05) is 25.7 Å². The van der Waals surface area contributed by atoms with Crippen molar-refractivity contribution in [2.75, 3.05) is 19.6 Å². The molecule has 0 unspecified atom stereocenters. The van der Waals surface area contributed by atoms with E-state index in [1.54, 1.807) is 0 Å². The van der Waals surface area contributed by atoms with Crippen molar-refractivity contribution in [2.24, 2.45) is 0 Å². The Bertz CT molecular complexity index is 943. The number of fused-ring (bicyclic) bond motifs is 1. The normalized spacial score (nSPS) is 16.0. The van der Waals surface area contributed by atoms with E-state index in [-0.39, 0.29) is 12.1 Å². The molecular weight excluding hydrogens is 358 g/mol. The van der Waals surface area contributed by atoms with Gasteiger partial charge >= 0.3 is 6.03 Å². The van der Waals surface area contributed by atoms with Gasteiger partial charge in [0.1, 0.15) is 0 Å². The maximum Gasteiger partial charge on any atom is 0.317 e. The summed E-state index contributed by atoms with van der Waals surface area (Å²) >= 11 is 0. The topological polar surface area (TPSA) is 44.4 Å². The first-order valence-electron chi connectivity index (χ1n) is 10.6. The molecule has 1 fully saturated rings. The van der Waals surface area contributed by atoms with Gasteiger partial charge < -0.3 is 15.5 Å². The molecule has 0 saturated carbocycles. The minimum Gasteiger partial charge on any atom is -0.338 e. The Morgan fingerprint density at radius 3 is 2.41 bits per heavy atom. The van der Waals surface area contributed by atoms with E-state index in [1.165, 1.54) is 21.9 Å². The molecule has 1 aliphatic rings. The number of carbonyl (C=O) groups excluding carboxylic acids is 1. The lowest BCUT2D eigenvalue weighted by atomic mass is 9.92. The van der Waals surface area contributed by atoms with Crippen LogP contribution in [-0.2, 0) is 0 Å². The number of nitrogens with one attached hydrogen (secondary N) is 2. The summed E-state index contributed by atoms with van der Waals surface area (Å²) in [5.41, 5.74) is 2.58. The molecule has 4 rings (SSSR count). The van der Waals surface area contributed by atoms with Gasteiger partial charge in [-0.2, -0.15) is 0 Å². The van der Waals surface area contributed by atoms with Crippen LogP contribution in [-0.4, -0.2) is 36.6 Å². The van der Waals surface area contributed by atoms with E-state index in [9.17, 15) is 4.79 Å². The molecule has 29 heavy (non-hydrogen) atoms. The predicted octanol–water partition coefficient (Wildman–Crippen LogP) is 4.71. The number of likely N-dealkylation sites (tertiary alicyclic amines) is 1. The molecular formula is C25H29N3O. The van der Waals surface area contributed by atoms with Crippen molar-refractivity contribution in [1.29, 1.82) is 0 Å². The van der Waals surface area contributed by atoms with Gasteiger partial charge in [0.05, 0.1) is 6.04 Å². The predicted molar refractivity (Wildman–Crippen MR) is 119 cm³/mol. The second-order valence-electron chi connectivity index (χ2n) is 7.68. The Hall–Kier alpha value is -2.85. The van der Waals surface area contributed by atoms with Crippen LogP contribution in [0.1, 0.15) is 36.9 Å². The number of carbonyl (C=O) groups is 1. The van der Waals surface area contributed by atoms with E-state index in [0.717, 1.165) is 25.9 Å². The summed E-state index contributed by atoms with van der Waals surface area (Å²) in [5, 5.41) is 9.37. The van der Waals surface area contributed by atoms with Crippen molar-refractivity contribution in [2.45, 2.75) is 31.8 Å². The van der Waals surface area contributed by atoms with Gasteiger partial charge in [-0.3, -0.25) is 0 Å². The van der Waals surface area contributed by atoms with Crippen molar-refractivity contribution in [3.63, 3.8) is 0 Å². The first kappa shape index (κ1) is 19.5. The van der Waals surface area contributed by atoms with Gasteiger partial charge in [-0.1, -0.05) is 72.8 Å². The third kappa shape index (κ3) is 4.43. The van der Waals surface area contributed by atoms with E-state index < -0.39 is 0 Å². The van der Waals surface area contributed by atoms with Crippen LogP contribution in [0, 0.1) is 0 Å². The summed E-state index contributed by atoms with van der Waals surface area (Å²) in [6, 6.07) is 26.4. The summed E-state index contributed by atoms with van der Waals surface area (Å²) < 4.78 is 0. The molecule has 0 spiro atoms. The second kappa shape index (κ2) is 9.10. The van der Waals surface area contributed by atoms with E-state index >= 15 is 0 Å². The smallest absolute Gasteiger partial charge is 0.317 e. The standard InChI is InChI=1S/C25H29N3O/c1-2-26-25(29)28-17-15-21(16-18-28)27-24(20-10-4-3-5-11-20)23-14-8-12-19-9-6-7-13-22(19)23/h3-14,21,24,27H,2,15-18H2,1H3,(H,26,29)/t24-/m0/s1. The van der Waals surface area contributed by atoms with Gasteiger partial charge in [0.2, 0.25) is 0 Å². The number of rotatable bonds is 5. The minimum absolute atomic E-state index is 0.0552. The molecule has 0 aromatic heterocycles. The lowest BCUT2D eigenvalue weighted by Gasteiger charge is -2.35. The van der Waals surface area contributed by atoms with Gasteiger partial charge in [0.15, 0.2) is 0 Å². The summed E-state index contributed by atoms with van der Waals surface area (Å²) in [5.74, 6) is 0. The fraction of sp³-hybridized carbons (Fsp3) is 0.320. The Labute approximate surface area is 172 Å². The van der Waals surface area contributed by atoms with Crippen LogP contribution < -0.4 is 10.6 Å². The third-order valence-electron chi connectivity index (χ3n) is 5.78. The Kier molecular flexibility index (Phi) is 6.11. The monoisotopic (exact) mass is 387 g/mol. The number of hydrogen-bond acceptors (Lipinski definition) is 2. The lowest BCUT2D eigenvalue weighted by molar-refractivity contribution is 0.175. The zero-order valence-electron chi connectivity index (χ0n) is 17.0. The maximum absolute atomic E-state index is 12.1. The molecule has 1 saturated heterocycles. The van der Waals surface area contributed by atoms with Crippen LogP contribution >= 0.6 is 0 Å². The van der Waals surface area contributed by atoms with Crippen LogP contribution in [0.5, 0.6) is 0 Å². The summed E-state index contributed by atoms with van der Waals surface area (Å²) in [4.78, 5) is 14.0. The quantitative estimate of drug-likeness (QED) is 0.666. The molecule has 2 N–H and O–H groups in total. The number of amides is 2. The first-order chi connectivity index (χ1) is 14.3. The SMILES string of the molecule is CCNC(=O)N1CCC(N[C@@H](c2ccccc2)c2cccc3ccccc23)CC1. The molecule has 1 heterocycles. The summed E-state index contributed by atoms with van der Waals surface area (Å²) in [7, 11) is 0. The fourth-order valence-corrected chi connectivity index (χ4v) is 4.26. The molecule has 4 heteroatoms. The highest BCUT2D eigenvalue weighted by atomic mass is 16.2. The van der Waals surface area contributed by atoms with Crippen LogP contribution in [0.3, 0.4) is 0 Å². The second-order valence-corrected chi connectivity index (χ2v) is 7.68. The highest BCUT2D eigenvalue weighted by molar-refractivity contribution is 5.86. The number of hydrogen-bond donors (Lipinski definition) is 2. The van der Waals surface area contributed by atoms with Gasteiger partial charge in [0.25, 0.3) is 0 Å². The van der Waals surface area contributed by atoms with Gasteiger partial charge in [-0.05, 0) is 41.7 Å². The number of benzene rings is 3. The third-order valence-corrected chi connectivity index (χ3v) is 5.78. The van der Waals surface area contributed by atoms with Crippen LogP contribution in [0.4, 0.5) is 4.79 Å². The molecule has 4 nitrogen and oxygen atoms in total. The number of urea groups is 1. The summed E-state index contributed by atoms with van der Waals surface area (Å²) in [6.45, 7) is 4.22. The Morgan fingerprint density at radius 1 is 0.966 bits per heavy atom. The van der Waals surface area contributed by atoms with E-state index in [0.29, 0.717) is 12.6 Å². The molecule has 3 aromatic rings. The van der Waals surface area contributed by atoms with Crippen molar-refractivity contribution >= 4 is 16.8 Å². The number of piperidine rings is 1. The average molecular weight is 388 g/mol. The summed E-state index contributed by atoms with van der Waals surface area (Å²) in [6.07, 6.45) is 1.93. The molecule has 0 aliphatic carbocycles. The zero-order chi connectivity index (χ0) is 20.1. The lowest BCUT2D eigenvalue weighted by Crippen LogP contribution is -2.49. The molecule has 150 valence electrons. The minimum atomic E-state index is 0.0552. The molecule has 0 radical (unpaired) electrons. The van der Waals surface area contributed by atoms with Crippen molar-refractivity contribution in [1.82, 2.24) is 15.5 Å².